The van der Waals surface area contributed by atoms with Crippen molar-refractivity contribution in [3.8, 4) is 0 Å². The van der Waals surface area contributed by atoms with Crippen LogP contribution in [-0.2, 0) is 16.4 Å². The minimum atomic E-state index is -5.46. The Morgan fingerprint density at radius 3 is 2.03 bits per heavy atom. The zero-order chi connectivity index (χ0) is 22.5. The van der Waals surface area contributed by atoms with E-state index in [-0.39, 0.29) is 24.2 Å². The molecule has 0 saturated heterocycles. The van der Waals surface area contributed by atoms with Crippen LogP contribution in [0.1, 0.15) is 29.8 Å². The molecule has 7 nitrogen and oxygen atoms in total. The van der Waals surface area contributed by atoms with E-state index in [1.165, 1.54) is 0 Å². The lowest BCUT2D eigenvalue weighted by molar-refractivity contribution is -0.0436. The van der Waals surface area contributed by atoms with Gasteiger partial charge in [0.2, 0.25) is 0 Å². The van der Waals surface area contributed by atoms with Gasteiger partial charge in [-0.15, -0.1) is 0 Å². The van der Waals surface area contributed by atoms with E-state index in [2.05, 4.69) is 16.0 Å². The number of halogens is 3. The van der Waals surface area contributed by atoms with E-state index < -0.39 is 26.1 Å². The van der Waals surface area contributed by atoms with Gasteiger partial charge in [0.25, 0.3) is 15.7 Å². The summed E-state index contributed by atoms with van der Waals surface area (Å²) in [7, 11) is -5.46. The van der Waals surface area contributed by atoms with Crippen molar-refractivity contribution in [1.29, 1.82) is 0 Å². The van der Waals surface area contributed by atoms with Gasteiger partial charge in [-0.25, -0.2) is 13.2 Å². The Morgan fingerprint density at radius 1 is 0.967 bits per heavy atom. The number of carbonyl (C=O) groups is 2. The molecule has 0 bridgehead atoms. The first kappa shape index (κ1) is 23.2. The first-order chi connectivity index (χ1) is 13.9. The smallest absolute Gasteiger partial charge is 0.348 e. The average Bonchev–Trinajstić information content (AvgIpc) is 2.65. The molecule has 0 heterocycles. The molecule has 2 aromatic carbocycles. The minimum Gasteiger partial charge on any atom is -0.348 e. The molecule has 2 rings (SSSR count). The number of nitrogens with one attached hydrogen (secondary N) is 3. The number of rotatable bonds is 6. The van der Waals surface area contributed by atoms with Crippen molar-refractivity contribution in [2.24, 2.45) is 0 Å². The van der Waals surface area contributed by atoms with E-state index in [0.717, 1.165) is 29.8 Å². The summed E-state index contributed by atoms with van der Waals surface area (Å²) in [6, 6.07) is 9.80. The Balaban J connectivity index is 1.95. The predicted molar refractivity (Wildman–Crippen MR) is 105 cm³/mol. The van der Waals surface area contributed by atoms with Crippen LogP contribution in [-0.4, -0.2) is 31.9 Å². The highest BCUT2D eigenvalue weighted by Crippen LogP contribution is 2.30. The summed E-state index contributed by atoms with van der Waals surface area (Å²) in [6.07, 6.45) is 0. The minimum absolute atomic E-state index is 0.0119. The largest absolute Gasteiger partial charge is 0.501 e. The highest BCUT2D eigenvalue weighted by Gasteiger charge is 2.46. The van der Waals surface area contributed by atoms with Gasteiger partial charge in [0.15, 0.2) is 0 Å². The first-order valence-corrected chi connectivity index (χ1v) is 10.2. The average molecular weight is 443 g/mol. The molecule has 2 aromatic rings. The lowest BCUT2D eigenvalue weighted by Crippen LogP contribution is -2.34. The van der Waals surface area contributed by atoms with Crippen molar-refractivity contribution in [1.82, 2.24) is 10.6 Å². The normalized spacial score (nSPS) is 11.8. The Labute approximate surface area is 171 Å². The Morgan fingerprint density at radius 2 is 1.53 bits per heavy atom. The fourth-order valence-corrected chi connectivity index (χ4v) is 3.10. The highest BCUT2D eigenvalue weighted by atomic mass is 32.2. The van der Waals surface area contributed by atoms with Crippen LogP contribution >= 0.6 is 0 Å². The van der Waals surface area contributed by atoms with Crippen molar-refractivity contribution in [3.05, 3.63) is 59.7 Å². The number of carbonyl (C=O) groups excluding carboxylic acids is 2. The fourth-order valence-electron chi connectivity index (χ4n) is 2.34. The van der Waals surface area contributed by atoms with E-state index in [1.807, 2.05) is 13.8 Å². The van der Waals surface area contributed by atoms with Gasteiger partial charge in [0.05, 0.1) is 4.90 Å². The molecule has 0 aliphatic rings. The zero-order valence-electron chi connectivity index (χ0n) is 16.1. The van der Waals surface area contributed by atoms with Crippen molar-refractivity contribution >= 4 is 27.5 Å². The van der Waals surface area contributed by atoms with E-state index in [0.29, 0.717) is 5.69 Å². The van der Waals surface area contributed by atoms with Gasteiger partial charge in [-0.3, -0.25) is 4.79 Å². The molecule has 0 radical (unpaired) electrons. The number of hydrogen-bond donors (Lipinski definition) is 3. The van der Waals surface area contributed by atoms with Gasteiger partial charge >= 0.3 is 11.5 Å². The molecule has 0 saturated carbocycles. The monoisotopic (exact) mass is 443 g/mol. The molecule has 0 aliphatic carbocycles. The fraction of sp³-hybridized carbons (Fsp3) is 0.263. The topological polar surface area (TPSA) is 104 Å². The molecular weight excluding hydrogens is 423 g/mol. The molecule has 0 unspecified atom stereocenters. The van der Waals surface area contributed by atoms with Crippen LogP contribution in [0.5, 0.6) is 0 Å². The second-order valence-electron chi connectivity index (χ2n) is 6.61. The standard InChI is InChI=1S/C19H20F3N3O4S/c1-12(2)24-18(27)25-15-7-3-13(4-8-15)11-23-17(26)14-5-9-16(10-6-14)30(28,29)19(20,21)22/h3-10,12H,11H2,1-2H3,(H,23,26)(H2,24,25,27). The molecule has 3 amide bonds. The summed E-state index contributed by atoms with van der Waals surface area (Å²) in [5.41, 5.74) is -4.12. The lowest BCUT2D eigenvalue weighted by Gasteiger charge is -2.11. The molecule has 3 N–H and O–H groups in total. The second-order valence-corrected chi connectivity index (χ2v) is 8.55. The van der Waals surface area contributed by atoms with Crippen LogP contribution in [0.2, 0.25) is 0 Å². The van der Waals surface area contributed by atoms with Gasteiger partial charge in [0, 0.05) is 23.8 Å². The Hall–Kier alpha value is -3.08. The molecule has 0 aromatic heterocycles. The maximum Gasteiger partial charge on any atom is 0.501 e. The van der Waals surface area contributed by atoms with Crippen LogP contribution in [0.25, 0.3) is 0 Å². The van der Waals surface area contributed by atoms with Crippen molar-refractivity contribution in [3.63, 3.8) is 0 Å². The lowest BCUT2D eigenvalue weighted by atomic mass is 10.2. The summed E-state index contributed by atoms with van der Waals surface area (Å²) in [5, 5.41) is 7.91. The third-order valence-corrected chi connectivity index (χ3v) is 5.32. The van der Waals surface area contributed by atoms with Gasteiger partial charge in [-0.05, 0) is 55.8 Å². The summed E-state index contributed by atoms with van der Waals surface area (Å²) in [5.74, 6) is -0.579. The molecule has 11 heteroatoms. The van der Waals surface area contributed by atoms with Crippen LogP contribution in [0.3, 0.4) is 0 Å². The number of urea groups is 1. The Bertz CT molecular complexity index is 1000. The zero-order valence-corrected chi connectivity index (χ0v) is 16.9. The third kappa shape index (κ3) is 5.96. The molecular formula is C19H20F3N3O4S. The molecule has 0 spiro atoms. The Kier molecular flexibility index (Phi) is 7.08. The van der Waals surface area contributed by atoms with Gasteiger partial charge < -0.3 is 16.0 Å². The summed E-state index contributed by atoms with van der Waals surface area (Å²) in [4.78, 5) is 22.9. The SMILES string of the molecule is CC(C)NC(=O)Nc1ccc(CNC(=O)c2ccc(S(=O)(=O)C(F)(F)F)cc2)cc1. The number of hydrogen-bond acceptors (Lipinski definition) is 4. The summed E-state index contributed by atoms with van der Waals surface area (Å²) < 4.78 is 60.3. The van der Waals surface area contributed by atoms with E-state index in [1.54, 1.807) is 24.3 Å². The van der Waals surface area contributed by atoms with Crippen molar-refractivity contribution < 1.29 is 31.2 Å². The number of anilines is 1. The van der Waals surface area contributed by atoms with Crippen molar-refractivity contribution in [2.45, 2.75) is 36.8 Å². The van der Waals surface area contributed by atoms with Crippen LogP contribution in [0.15, 0.2) is 53.4 Å². The summed E-state index contributed by atoms with van der Waals surface area (Å²) >= 11 is 0. The number of sulfone groups is 1. The maximum absolute atomic E-state index is 12.5. The highest BCUT2D eigenvalue weighted by molar-refractivity contribution is 7.92. The van der Waals surface area contributed by atoms with Gasteiger partial charge in [0.1, 0.15) is 0 Å². The number of benzene rings is 2. The van der Waals surface area contributed by atoms with Crippen LogP contribution in [0.4, 0.5) is 23.7 Å². The molecule has 30 heavy (non-hydrogen) atoms. The number of amides is 3. The van der Waals surface area contributed by atoms with Crippen LogP contribution < -0.4 is 16.0 Å². The molecule has 0 aliphatic heterocycles. The second kappa shape index (κ2) is 9.16. The molecule has 162 valence electrons. The molecule has 0 fully saturated rings. The third-order valence-electron chi connectivity index (χ3n) is 3.82. The van der Waals surface area contributed by atoms with Crippen molar-refractivity contribution in [2.75, 3.05) is 5.32 Å². The summed E-state index contributed by atoms with van der Waals surface area (Å²) in [6.45, 7) is 3.78. The number of alkyl halides is 3. The van der Waals surface area contributed by atoms with E-state index >= 15 is 0 Å². The van der Waals surface area contributed by atoms with E-state index in [4.69, 9.17) is 0 Å². The van der Waals surface area contributed by atoms with E-state index in [9.17, 15) is 31.2 Å². The maximum atomic E-state index is 12.5. The first-order valence-electron chi connectivity index (χ1n) is 8.76. The van der Waals surface area contributed by atoms with Gasteiger partial charge in [-0.2, -0.15) is 13.2 Å². The quantitative estimate of drug-likeness (QED) is 0.636. The van der Waals surface area contributed by atoms with Crippen LogP contribution in [0, 0.1) is 0 Å². The molecule has 0 atom stereocenters. The van der Waals surface area contributed by atoms with Gasteiger partial charge in [-0.1, -0.05) is 12.1 Å². The predicted octanol–water partition coefficient (Wildman–Crippen LogP) is 3.44.